The predicted octanol–water partition coefficient (Wildman–Crippen LogP) is 25.6. The molecule has 0 aliphatic carbocycles. The molecule has 7 heteroatoms. The number of para-hydroxylation sites is 3. The third-order valence-electron chi connectivity index (χ3n) is 16.6. The highest BCUT2D eigenvalue weighted by Gasteiger charge is 2.30. The van der Waals surface area contributed by atoms with E-state index >= 15 is 0 Å². The molecule has 0 fully saturated rings. The van der Waals surface area contributed by atoms with E-state index in [9.17, 15) is 0 Å². The Hall–Kier alpha value is -11.1. The van der Waals surface area contributed by atoms with Gasteiger partial charge in [0.05, 0.1) is 34.1 Å². The summed E-state index contributed by atoms with van der Waals surface area (Å²) in [7, 11) is 0. The van der Waals surface area contributed by atoms with E-state index in [2.05, 4.69) is 365 Å². The molecule has 0 atom stereocenters. The molecule has 3 N–H and O–H groups in total. The summed E-state index contributed by atoms with van der Waals surface area (Å²) in [5.41, 5.74) is 25.1. The average Bonchev–Trinajstić information content (AvgIpc) is 1.70. The Morgan fingerprint density at radius 1 is 0.198 bits per heavy atom. The normalized spacial score (nSPS) is 11.1. The van der Waals surface area contributed by atoms with Gasteiger partial charge < -0.3 is 20.9 Å². The molecule has 0 spiro atoms. The zero-order valence-electron chi connectivity index (χ0n) is 49.6. The lowest BCUT2D eigenvalue weighted by molar-refractivity contribution is 1.27. The maximum atomic E-state index is 4.29. The van der Waals surface area contributed by atoms with Crippen molar-refractivity contribution in [1.29, 1.82) is 0 Å². The van der Waals surface area contributed by atoms with Crippen LogP contribution in [0.15, 0.2) is 344 Å². The molecule has 3 aromatic heterocycles. The number of anilines is 9. The third kappa shape index (κ3) is 11.5. The molecular formula is C84H60N4S3. The molecule has 0 aliphatic rings. The van der Waals surface area contributed by atoms with Crippen molar-refractivity contribution < 1.29 is 0 Å². The van der Waals surface area contributed by atoms with Gasteiger partial charge in [0.2, 0.25) is 0 Å². The summed E-state index contributed by atoms with van der Waals surface area (Å²) in [5.74, 6) is 0. The Kier molecular flexibility index (Phi) is 16.1. The molecule has 0 radical (unpaired) electrons. The summed E-state index contributed by atoms with van der Waals surface area (Å²) in [6.07, 6.45) is 0. The third-order valence-corrected chi connectivity index (χ3v) is 19.3. The SMILES string of the molecule is c1ccc(-c2cccc(N(c3cccc(-c4ccccc4)c3Nc3cccc(-c4ccccc4)c3-c3cccs3)c3cccc(-c4ccccc4)c3Nc3cccc(-c4ccccc4)c3-c3cccs3)c2Nc2cccc(-c3ccccc3)c2-c2cccs2)cc1. The minimum atomic E-state index is 0.929. The summed E-state index contributed by atoms with van der Waals surface area (Å²) < 4.78 is 0. The summed E-state index contributed by atoms with van der Waals surface area (Å²) in [4.78, 5) is 6.00. The molecule has 3 heterocycles. The first-order chi connectivity index (χ1) is 45.2. The highest BCUT2D eigenvalue weighted by atomic mass is 32.1. The monoisotopic (exact) mass is 1220 g/mol. The largest absolute Gasteiger partial charge is 0.353 e. The van der Waals surface area contributed by atoms with E-state index in [1.54, 1.807) is 34.0 Å². The highest BCUT2D eigenvalue weighted by Crippen LogP contribution is 2.55. The first-order valence-electron chi connectivity index (χ1n) is 30.5. The second-order valence-electron chi connectivity index (χ2n) is 22.1. The van der Waals surface area contributed by atoms with Crippen LogP contribution in [0, 0.1) is 0 Å². The van der Waals surface area contributed by atoms with Crippen molar-refractivity contribution >= 4 is 85.2 Å². The Morgan fingerprint density at radius 2 is 0.429 bits per heavy atom. The molecule has 15 aromatic rings. The molecule has 0 bridgehead atoms. The van der Waals surface area contributed by atoms with Crippen molar-refractivity contribution in [2.24, 2.45) is 0 Å². The lowest BCUT2D eigenvalue weighted by Gasteiger charge is -2.34. The Morgan fingerprint density at radius 3 is 0.670 bits per heavy atom. The van der Waals surface area contributed by atoms with E-state index in [-0.39, 0.29) is 0 Å². The second kappa shape index (κ2) is 25.9. The van der Waals surface area contributed by atoms with Gasteiger partial charge >= 0.3 is 0 Å². The van der Waals surface area contributed by atoms with Crippen molar-refractivity contribution in [3.05, 3.63) is 344 Å². The van der Waals surface area contributed by atoms with Gasteiger partial charge in [0.15, 0.2) is 0 Å². The van der Waals surface area contributed by atoms with Crippen LogP contribution in [0.3, 0.4) is 0 Å². The molecule has 434 valence electrons. The maximum absolute atomic E-state index is 4.29. The van der Waals surface area contributed by atoms with Crippen molar-refractivity contribution in [3.8, 4) is 98.1 Å². The molecular weight excluding hydrogens is 1160 g/mol. The molecule has 91 heavy (non-hydrogen) atoms. The van der Waals surface area contributed by atoms with Gasteiger partial charge in [-0.2, -0.15) is 0 Å². The molecule has 0 unspecified atom stereocenters. The topological polar surface area (TPSA) is 39.3 Å². The maximum Gasteiger partial charge on any atom is 0.0709 e. The van der Waals surface area contributed by atoms with Crippen molar-refractivity contribution in [3.63, 3.8) is 0 Å². The van der Waals surface area contributed by atoms with Gasteiger partial charge in [-0.1, -0.05) is 273 Å². The van der Waals surface area contributed by atoms with Crippen molar-refractivity contribution in [1.82, 2.24) is 0 Å². The summed E-state index contributed by atoms with van der Waals surface area (Å²) >= 11 is 5.26. The molecule has 4 nitrogen and oxygen atoms in total. The summed E-state index contributed by atoms with van der Waals surface area (Å²) in [6, 6.07) is 118. The number of benzene rings is 12. The summed E-state index contributed by atoms with van der Waals surface area (Å²) in [5, 5.41) is 19.4. The zero-order valence-corrected chi connectivity index (χ0v) is 52.0. The molecule has 0 amide bonds. The van der Waals surface area contributed by atoms with Crippen LogP contribution in [0.5, 0.6) is 0 Å². The van der Waals surface area contributed by atoms with Gasteiger partial charge in [0.25, 0.3) is 0 Å². The van der Waals surface area contributed by atoms with Crippen molar-refractivity contribution in [2.75, 3.05) is 20.9 Å². The molecule has 0 saturated heterocycles. The lowest BCUT2D eigenvalue weighted by Crippen LogP contribution is -2.17. The smallest absolute Gasteiger partial charge is 0.0709 e. The number of nitrogens with zero attached hydrogens (tertiary/aromatic N) is 1. The number of nitrogens with one attached hydrogen (secondary N) is 3. The lowest BCUT2D eigenvalue weighted by atomic mass is 9.94. The number of hydrogen-bond donors (Lipinski definition) is 3. The van der Waals surface area contributed by atoms with E-state index in [1.807, 2.05) is 0 Å². The molecule has 0 saturated carbocycles. The van der Waals surface area contributed by atoms with Crippen LogP contribution in [-0.2, 0) is 0 Å². The fraction of sp³-hybridized carbons (Fsp3) is 0. The fourth-order valence-electron chi connectivity index (χ4n) is 12.5. The van der Waals surface area contributed by atoms with Gasteiger partial charge in [-0.3, -0.25) is 0 Å². The van der Waals surface area contributed by atoms with E-state index in [4.69, 9.17) is 0 Å². The van der Waals surface area contributed by atoms with Gasteiger partial charge in [-0.15, -0.1) is 34.0 Å². The molecule has 12 aromatic carbocycles. The Labute approximate surface area is 544 Å². The van der Waals surface area contributed by atoms with E-state index in [1.165, 1.54) is 14.6 Å². The highest BCUT2D eigenvalue weighted by molar-refractivity contribution is 7.14. The van der Waals surface area contributed by atoms with E-state index in [0.29, 0.717) is 0 Å². The van der Waals surface area contributed by atoms with Crippen LogP contribution < -0.4 is 20.9 Å². The second-order valence-corrected chi connectivity index (χ2v) is 25.0. The van der Waals surface area contributed by atoms with Crippen LogP contribution in [0.1, 0.15) is 0 Å². The van der Waals surface area contributed by atoms with Crippen LogP contribution in [0.4, 0.5) is 51.2 Å². The van der Waals surface area contributed by atoms with E-state index in [0.717, 1.165) is 135 Å². The summed E-state index contributed by atoms with van der Waals surface area (Å²) in [6.45, 7) is 0. The number of thiophene rings is 3. The Bertz CT molecular complexity index is 4420. The van der Waals surface area contributed by atoms with Crippen molar-refractivity contribution in [2.45, 2.75) is 0 Å². The fourth-order valence-corrected chi connectivity index (χ4v) is 14.9. The molecule has 0 aliphatic heterocycles. The first-order valence-corrected chi connectivity index (χ1v) is 33.2. The zero-order chi connectivity index (χ0) is 60.7. The predicted molar refractivity (Wildman–Crippen MR) is 393 cm³/mol. The van der Waals surface area contributed by atoms with Crippen LogP contribution in [0.25, 0.3) is 98.1 Å². The molecule has 15 rings (SSSR count). The number of rotatable bonds is 18. The quantitative estimate of drug-likeness (QED) is 0.0801. The van der Waals surface area contributed by atoms with Crippen LogP contribution in [-0.4, -0.2) is 0 Å². The van der Waals surface area contributed by atoms with Gasteiger partial charge in [-0.25, -0.2) is 0 Å². The number of hydrogen-bond acceptors (Lipinski definition) is 7. The standard InChI is InChI=1S/C84H60N4S3/c1-7-28-58(29-8-1)64-40-19-46-70(79(64)76-52-25-55-89-76)85-82-67(61-34-13-4-14-35-61)43-22-49-73(82)88(74-50-23-44-68(62-36-15-5-16-37-62)83(74)86-71-47-20-41-65(59-30-9-2-10-31-59)80(71)77-53-26-56-90-77)75-51-24-45-69(63-38-17-6-18-39-63)84(75)87-72-48-21-42-66(60-32-11-3-12-33-60)81(72)78-54-27-57-91-78/h1-57,85-87H. The van der Waals surface area contributed by atoms with E-state index < -0.39 is 0 Å². The first kappa shape index (κ1) is 56.4. The minimum Gasteiger partial charge on any atom is -0.353 e. The van der Waals surface area contributed by atoms with Gasteiger partial charge in [0.1, 0.15) is 0 Å². The van der Waals surface area contributed by atoms with Crippen LogP contribution in [0.2, 0.25) is 0 Å². The minimum absolute atomic E-state index is 0.929. The van der Waals surface area contributed by atoms with Gasteiger partial charge in [-0.05, 0) is 121 Å². The Balaban J connectivity index is 1.05. The average molecular weight is 1220 g/mol. The van der Waals surface area contributed by atoms with Crippen LogP contribution >= 0.6 is 34.0 Å². The van der Waals surface area contributed by atoms with Gasteiger partial charge in [0, 0.05) is 65.1 Å².